The van der Waals surface area contributed by atoms with Gasteiger partial charge in [-0.3, -0.25) is 9.59 Å². The molecule has 0 aromatic heterocycles. The van der Waals surface area contributed by atoms with Crippen LogP contribution in [0.1, 0.15) is 15.9 Å². The van der Waals surface area contributed by atoms with Crippen LogP contribution in [0.3, 0.4) is 0 Å². The van der Waals surface area contributed by atoms with Crippen LogP contribution in [0.2, 0.25) is 5.02 Å². The minimum Gasteiger partial charge on any atom is -0.495 e. The van der Waals surface area contributed by atoms with Gasteiger partial charge in [0.05, 0.1) is 12.1 Å². The number of rotatable bonds is 3. The van der Waals surface area contributed by atoms with Crippen LogP contribution < -0.4 is 4.74 Å². The molecule has 0 saturated heterocycles. The maximum absolute atomic E-state index is 11.1. The molecule has 0 fully saturated rings. The van der Waals surface area contributed by atoms with E-state index in [9.17, 15) is 9.59 Å². The molecule has 0 aliphatic carbocycles. The summed E-state index contributed by atoms with van der Waals surface area (Å²) in [5.74, 6) is -0.0846. The summed E-state index contributed by atoms with van der Waals surface area (Å²) in [7, 11) is 1.49. The van der Waals surface area contributed by atoms with Crippen molar-refractivity contribution in [2.24, 2.45) is 0 Å². The Morgan fingerprint density at radius 3 is 2.64 bits per heavy atom. The Labute approximate surface area is 86.6 Å². The molecule has 4 heteroatoms. The SMILES string of the molecule is COc1cc(C)c(C(=O)C=O)cc1Cl. The van der Waals surface area contributed by atoms with Crippen molar-refractivity contribution in [3.8, 4) is 5.75 Å². The lowest BCUT2D eigenvalue weighted by atomic mass is 10.1. The molecule has 0 bridgehead atoms. The highest BCUT2D eigenvalue weighted by atomic mass is 35.5. The monoisotopic (exact) mass is 212 g/mol. The van der Waals surface area contributed by atoms with Crippen LogP contribution in [0.25, 0.3) is 0 Å². The van der Waals surface area contributed by atoms with Crippen LogP contribution in [0.5, 0.6) is 5.75 Å². The van der Waals surface area contributed by atoms with Gasteiger partial charge in [-0.25, -0.2) is 0 Å². The van der Waals surface area contributed by atoms with Crippen LogP contribution in [-0.4, -0.2) is 19.2 Å². The number of methoxy groups -OCH3 is 1. The standard InChI is InChI=1S/C10H9ClO3/c1-6-3-10(14-2)8(11)4-7(6)9(13)5-12/h3-5H,1-2H3. The molecule has 1 aromatic carbocycles. The number of carbonyl (C=O) groups excluding carboxylic acids is 2. The van der Waals surface area contributed by atoms with Crippen molar-refractivity contribution in [1.29, 1.82) is 0 Å². The molecule has 0 heterocycles. The van der Waals surface area contributed by atoms with Crippen molar-refractivity contribution in [2.45, 2.75) is 6.92 Å². The number of ether oxygens (including phenoxy) is 1. The van der Waals surface area contributed by atoms with E-state index in [0.717, 1.165) is 0 Å². The van der Waals surface area contributed by atoms with Crippen molar-refractivity contribution < 1.29 is 14.3 Å². The maximum atomic E-state index is 11.1. The number of halogens is 1. The van der Waals surface area contributed by atoms with Gasteiger partial charge in [-0.2, -0.15) is 0 Å². The molecule has 0 amide bonds. The fourth-order valence-corrected chi connectivity index (χ4v) is 1.38. The predicted octanol–water partition coefficient (Wildman–Crippen LogP) is 2.04. The van der Waals surface area contributed by atoms with Crippen LogP contribution in [-0.2, 0) is 4.79 Å². The van der Waals surface area contributed by atoms with E-state index in [1.807, 2.05) is 0 Å². The summed E-state index contributed by atoms with van der Waals surface area (Å²) in [6.07, 6.45) is 0.269. The Morgan fingerprint density at radius 1 is 1.50 bits per heavy atom. The summed E-state index contributed by atoms with van der Waals surface area (Å²) >= 11 is 5.81. The fraction of sp³-hybridized carbons (Fsp3) is 0.200. The molecule has 0 N–H and O–H groups in total. The van der Waals surface area contributed by atoms with Crippen LogP contribution in [0.4, 0.5) is 0 Å². The first-order chi connectivity index (χ1) is 6.60. The van der Waals surface area contributed by atoms with E-state index < -0.39 is 5.78 Å². The van der Waals surface area contributed by atoms with Gasteiger partial charge in [0.15, 0.2) is 6.29 Å². The maximum Gasteiger partial charge on any atom is 0.225 e. The van der Waals surface area contributed by atoms with Crippen LogP contribution >= 0.6 is 11.6 Å². The van der Waals surface area contributed by atoms with Gasteiger partial charge < -0.3 is 4.74 Å². The minimum atomic E-state index is -0.577. The van der Waals surface area contributed by atoms with Crippen LogP contribution in [0.15, 0.2) is 12.1 Å². The second-order valence-electron chi connectivity index (χ2n) is 2.78. The number of carbonyl (C=O) groups is 2. The average Bonchev–Trinajstić information content (AvgIpc) is 2.19. The third-order valence-corrected chi connectivity index (χ3v) is 2.17. The topological polar surface area (TPSA) is 43.4 Å². The molecule has 0 saturated carbocycles. The molecule has 3 nitrogen and oxygen atoms in total. The van der Waals surface area contributed by atoms with Crippen molar-refractivity contribution in [3.63, 3.8) is 0 Å². The molecular formula is C10H9ClO3. The van der Waals surface area contributed by atoms with Gasteiger partial charge in [0.2, 0.25) is 5.78 Å². The van der Waals surface area contributed by atoms with Gasteiger partial charge >= 0.3 is 0 Å². The van der Waals surface area contributed by atoms with E-state index >= 15 is 0 Å². The zero-order chi connectivity index (χ0) is 10.7. The molecule has 0 unspecified atom stereocenters. The van der Waals surface area contributed by atoms with E-state index in [0.29, 0.717) is 21.9 Å². The summed E-state index contributed by atoms with van der Waals surface area (Å²) < 4.78 is 4.96. The minimum absolute atomic E-state index is 0.269. The first kappa shape index (κ1) is 10.7. The molecule has 1 rings (SSSR count). The van der Waals surface area contributed by atoms with E-state index in [1.54, 1.807) is 13.0 Å². The molecule has 74 valence electrons. The van der Waals surface area contributed by atoms with Gasteiger partial charge in [0.25, 0.3) is 0 Å². The second kappa shape index (κ2) is 4.24. The summed E-state index contributed by atoms with van der Waals surface area (Å²) in [5, 5.41) is 0.323. The van der Waals surface area contributed by atoms with Gasteiger partial charge in [-0.05, 0) is 24.6 Å². The summed E-state index contributed by atoms with van der Waals surface area (Å²) in [4.78, 5) is 21.4. The molecular weight excluding hydrogens is 204 g/mol. The first-order valence-electron chi connectivity index (χ1n) is 3.93. The van der Waals surface area contributed by atoms with Crippen molar-refractivity contribution in [2.75, 3.05) is 7.11 Å². The lowest BCUT2D eigenvalue weighted by molar-refractivity contribution is -0.104. The Hall–Kier alpha value is -1.35. The van der Waals surface area contributed by atoms with E-state index in [-0.39, 0.29) is 6.29 Å². The van der Waals surface area contributed by atoms with Gasteiger partial charge in [-0.1, -0.05) is 11.6 Å². The number of Topliss-reactive ketones (excluding diaryl/α,β-unsaturated/α-hetero) is 1. The van der Waals surface area contributed by atoms with Crippen molar-refractivity contribution >= 4 is 23.7 Å². The van der Waals surface area contributed by atoms with E-state index in [4.69, 9.17) is 16.3 Å². The summed E-state index contributed by atoms with van der Waals surface area (Å²) in [6, 6.07) is 3.06. The fourth-order valence-electron chi connectivity index (χ4n) is 1.14. The zero-order valence-electron chi connectivity index (χ0n) is 7.83. The predicted molar refractivity (Wildman–Crippen MR) is 53.1 cm³/mol. The highest BCUT2D eigenvalue weighted by Gasteiger charge is 2.11. The highest BCUT2D eigenvalue weighted by Crippen LogP contribution is 2.27. The molecule has 0 atom stereocenters. The Balaban J connectivity index is 3.28. The molecule has 0 radical (unpaired) electrons. The Kier molecular flexibility index (Phi) is 3.25. The molecule has 0 aliphatic rings. The third kappa shape index (κ3) is 1.93. The van der Waals surface area contributed by atoms with Gasteiger partial charge in [0.1, 0.15) is 5.75 Å². The van der Waals surface area contributed by atoms with E-state index in [2.05, 4.69) is 0 Å². The summed E-state index contributed by atoms with van der Waals surface area (Å²) in [6.45, 7) is 1.72. The smallest absolute Gasteiger partial charge is 0.225 e. The highest BCUT2D eigenvalue weighted by molar-refractivity contribution is 6.36. The van der Waals surface area contributed by atoms with Gasteiger partial charge in [0, 0.05) is 5.56 Å². The number of aldehydes is 1. The molecule has 0 aliphatic heterocycles. The van der Waals surface area contributed by atoms with Crippen molar-refractivity contribution in [1.82, 2.24) is 0 Å². The van der Waals surface area contributed by atoms with Gasteiger partial charge in [-0.15, -0.1) is 0 Å². The molecule has 0 spiro atoms. The Morgan fingerprint density at radius 2 is 2.14 bits per heavy atom. The zero-order valence-corrected chi connectivity index (χ0v) is 8.59. The second-order valence-corrected chi connectivity index (χ2v) is 3.19. The largest absolute Gasteiger partial charge is 0.495 e. The Bertz CT molecular complexity index is 385. The van der Waals surface area contributed by atoms with E-state index in [1.165, 1.54) is 13.2 Å². The number of ketones is 1. The van der Waals surface area contributed by atoms with Crippen LogP contribution in [0, 0.1) is 6.92 Å². The quantitative estimate of drug-likeness (QED) is 0.438. The number of hydrogen-bond donors (Lipinski definition) is 0. The van der Waals surface area contributed by atoms with Crippen molar-refractivity contribution in [3.05, 3.63) is 28.3 Å². The first-order valence-corrected chi connectivity index (χ1v) is 4.31. The average molecular weight is 213 g/mol. The normalized spacial score (nSPS) is 9.64. The number of aryl methyl sites for hydroxylation is 1. The molecule has 14 heavy (non-hydrogen) atoms. The molecule has 1 aromatic rings. The number of benzene rings is 1. The lowest BCUT2D eigenvalue weighted by Crippen LogP contribution is -2.03. The third-order valence-electron chi connectivity index (χ3n) is 1.87. The summed E-state index contributed by atoms with van der Waals surface area (Å²) in [5.41, 5.74) is 0.981. The lowest BCUT2D eigenvalue weighted by Gasteiger charge is -2.06. The number of hydrogen-bond acceptors (Lipinski definition) is 3.